The maximum Gasteiger partial charge on any atom is 0.337 e. The van der Waals surface area contributed by atoms with Crippen LogP contribution in [0.4, 0.5) is 5.69 Å². The van der Waals surface area contributed by atoms with Gasteiger partial charge in [-0.15, -0.1) is 0 Å². The standard InChI is InChI=1S/C15H21NO2/c1-11-5-4-6-12(10-9-11)16-14-8-3-2-7-13(14)15(17)18/h2-3,7-8,11-12,16H,4-6,9-10H2,1H3,(H,17,18). The Hall–Kier alpha value is -1.51. The number of nitrogens with one attached hydrogen (secondary N) is 1. The fraction of sp³-hybridized carbons (Fsp3) is 0.533. The van der Waals surface area contributed by atoms with Crippen molar-refractivity contribution in [2.45, 2.75) is 45.1 Å². The molecule has 98 valence electrons. The molecule has 1 aromatic carbocycles. The van der Waals surface area contributed by atoms with Gasteiger partial charge in [0.2, 0.25) is 0 Å². The van der Waals surface area contributed by atoms with Crippen LogP contribution < -0.4 is 5.32 Å². The number of carboxylic acid groups (broad SMARTS) is 1. The summed E-state index contributed by atoms with van der Waals surface area (Å²) in [5.74, 6) is -0.0633. The Kier molecular flexibility index (Phi) is 4.24. The van der Waals surface area contributed by atoms with Crippen molar-refractivity contribution in [1.29, 1.82) is 0 Å². The van der Waals surface area contributed by atoms with Crippen molar-refractivity contribution in [1.82, 2.24) is 0 Å². The van der Waals surface area contributed by atoms with E-state index in [9.17, 15) is 4.79 Å². The summed E-state index contributed by atoms with van der Waals surface area (Å²) in [7, 11) is 0. The Morgan fingerprint density at radius 3 is 2.78 bits per heavy atom. The van der Waals surface area contributed by atoms with E-state index in [0.29, 0.717) is 11.6 Å². The molecule has 3 nitrogen and oxygen atoms in total. The number of para-hydroxylation sites is 1. The van der Waals surface area contributed by atoms with Crippen molar-refractivity contribution in [3.8, 4) is 0 Å². The monoisotopic (exact) mass is 247 g/mol. The van der Waals surface area contributed by atoms with E-state index in [-0.39, 0.29) is 0 Å². The Morgan fingerprint density at radius 1 is 1.22 bits per heavy atom. The first kappa shape index (κ1) is 12.9. The van der Waals surface area contributed by atoms with Crippen LogP contribution in [-0.2, 0) is 0 Å². The summed E-state index contributed by atoms with van der Waals surface area (Å²) in [4.78, 5) is 11.1. The summed E-state index contributed by atoms with van der Waals surface area (Å²) < 4.78 is 0. The lowest BCUT2D eigenvalue weighted by molar-refractivity contribution is 0.0698. The smallest absolute Gasteiger partial charge is 0.337 e. The Morgan fingerprint density at radius 2 is 2.00 bits per heavy atom. The van der Waals surface area contributed by atoms with E-state index in [2.05, 4.69) is 12.2 Å². The third-order valence-corrected chi connectivity index (χ3v) is 3.77. The topological polar surface area (TPSA) is 49.3 Å². The first-order chi connectivity index (χ1) is 8.66. The molecule has 1 aromatic rings. The number of aromatic carboxylic acids is 1. The van der Waals surface area contributed by atoms with Crippen molar-refractivity contribution in [2.75, 3.05) is 5.32 Å². The van der Waals surface area contributed by atoms with Gasteiger partial charge in [0.15, 0.2) is 0 Å². The fourth-order valence-corrected chi connectivity index (χ4v) is 2.65. The van der Waals surface area contributed by atoms with Crippen LogP contribution in [0.5, 0.6) is 0 Å². The van der Waals surface area contributed by atoms with Gasteiger partial charge < -0.3 is 10.4 Å². The Labute approximate surface area is 108 Å². The summed E-state index contributed by atoms with van der Waals surface area (Å²) in [5, 5.41) is 12.6. The summed E-state index contributed by atoms with van der Waals surface area (Å²) >= 11 is 0. The highest BCUT2D eigenvalue weighted by Gasteiger charge is 2.18. The second-order valence-corrected chi connectivity index (χ2v) is 5.31. The average molecular weight is 247 g/mol. The van der Waals surface area contributed by atoms with E-state index >= 15 is 0 Å². The van der Waals surface area contributed by atoms with Crippen molar-refractivity contribution >= 4 is 11.7 Å². The van der Waals surface area contributed by atoms with Crippen LogP contribution in [0.25, 0.3) is 0 Å². The molecule has 1 fully saturated rings. The number of carbonyl (C=O) groups is 1. The number of anilines is 1. The highest BCUT2D eigenvalue weighted by atomic mass is 16.4. The second kappa shape index (κ2) is 5.89. The van der Waals surface area contributed by atoms with Crippen LogP contribution >= 0.6 is 0 Å². The van der Waals surface area contributed by atoms with E-state index < -0.39 is 5.97 Å². The van der Waals surface area contributed by atoms with E-state index in [1.54, 1.807) is 12.1 Å². The zero-order valence-corrected chi connectivity index (χ0v) is 10.9. The normalized spacial score (nSPS) is 24.3. The molecule has 0 aromatic heterocycles. The summed E-state index contributed by atoms with van der Waals surface area (Å²) in [6.45, 7) is 2.30. The van der Waals surface area contributed by atoms with Gasteiger partial charge >= 0.3 is 5.97 Å². The van der Waals surface area contributed by atoms with Crippen LogP contribution in [0.15, 0.2) is 24.3 Å². The van der Waals surface area contributed by atoms with E-state index in [1.165, 1.54) is 19.3 Å². The minimum atomic E-state index is -0.861. The lowest BCUT2D eigenvalue weighted by Gasteiger charge is -2.19. The largest absolute Gasteiger partial charge is 0.478 e. The summed E-state index contributed by atoms with van der Waals surface area (Å²) in [5.41, 5.74) is 1.12. The van der Waals surface area contributed by atoms with Gasteiger partial charge in [0.1, 0.15) is 0 Å². The molecule has 0 saturated heterocycles. The van der Waals surface area contributed by atoms with E-state index in [0.717, 1.165) is 24.4 Å². The number of hydrogen-bond donors (Lipinski definition) is 2. The third-order valence-electron chi connectivity index (χ3n) is 3.77. The second-order valence-electron chi connectivity index (χ2n) is 5.31. The first-order valence-electron chi connectivity index (χ1n) is 6.75. The number of rotatable bonds is 3. The molecule has 1 aliphatic rings. The zero-order valence-electron chi connectivity index (χ0n) is 10.9. The molecule has 0 aliphatic heterocycles. The first-order valence-corrected chi connectivity index (χ1v) is 6.75. The minimum Gasteiger partial charge on any atom is -0.478 e. The van der Waals surface area contributed by atoms with Gasteiger partial charge in [-0.3, -0.25) is 0 Å². The maximum atomic E-state index is 11.1. The molecule has 0 radical (unpaired) electrons. The molecule has 2 N–H and O–H groups in total. The summed E-state index contributed by atoms with van der Waals surface area (Å²) in [6.07, 6.45) is 6.02. The minimum absolute atomic E-state index is 0.370. The molecule has 0 heterocycles. The molecular weight excluding hydrogens is 226 g/mol. The third kappa shape index (κ3) is 3.25. The molecule has 1 saturated carbocycles. The van der Waals surface area contributed by atoms with Crippen molar-refractivity contribution < 1.29 is 9.90 Å². The lowest BCUT2D eigenvalue weighted by atomic mass is 10.0. The SMILES string of the molecule is CC1CCCC(Nc2ccccc2C(=O)O)CC1. The molecule has 18 heavy (non-hydrogen) atoms. The predicted octanol–water partition coefficient (Wildman–Crippen LogP) is 3.77. The molecule has 0 bridgehead atoms. The van der Waals surface area contributed by atoms with Crippen LogP contribution in [0.1, 0.15) is 49.4 Å². The van der Waals surface area contributed by atoms with Crippen LogP contribution in [0, 0.1) is 5.92 Å². The molecule has 2 atom stereocenters. The zero-order chi connectivity index (χ0) is 13.0. The Balaban J connectivity index is 2.06. The number of carboxylic acids is 1. The van der Waals surface area contributed by atoms with Crippen molar-refractivity contribution in [2.24, 2.45) is 5.92 Å². The van der Waals surface area contributed by atoms with Crippen molar-refractivity contribution in [3.05, 3.63) is 29.8 Å². The highest BCUT2D eigenvalue weighted by Crippen LogP contribution is 2.26. The highest BCUT2D eigenvalue weighted by molar-refractivity contribution is 5.94. The fourth-order valence-electron chi connectivity index (χ4n) is 2.65. The maximum absolute atomic E-state index is 11.1. The Bertz CT molecular complexity index is 417. The van der Waals surface area contributed by atoms with Gasteiger partial charge in [-0.25, -0.2) is 4.79 Å². The molecule has 3 heteroatoms. The van der Waals surface area contributed by atoms with Crippen LogP contribution in [0.3, 0.4) is 0 Å². The van der Waals surface area contributed by atoms with Gasteiger partial charge in [0.05, 0.1) is 5.56 Å². The van der Waals surface area contributed by atoms with Gasteiger partial charge in [-0.1, -0.05) is 31.9 Å². The van der Waals surface area contributed by atoms with Gasteiger partial charge in [0, 0.05) is 11.7 Å². The van der Waals surface area contributed by atoms with Gasteiger partial charge in [-0.05, 0) is 37.3 Å². The van der Waals surface area contributed by atoms with E-state index in [4.69, 9.17) is 5.11 Å². The molecule has 2 unspecified atom stereocenters. The molecule has 0 spiro atoms. The van der Waals surface area contributed by atoms with Crippen LogP contribution in [0.2, 0.25) is 0 Å². The van der Waals surface area contributed by atoms with Crippen LogP contribution in [-0.4, -0.2) is 17.1 Å². The molecular formula is C15H21NO2. The lowest BCUT2D eigenvalue weighted by Crippen LogP contribution is -2.20. The quantitative estimate of drug-likeness (QED) is 0.799. The molecule has 2 rings (SSSR count). The summed E-state index contributed by atoms with van der Waals surface area (Å²) in [6, 6.07) is 7.58. The number of benzene rings is 1. The van der Waals surface area contributed by atoms with E-state index in [1.807, 2.05) is 12.1 Å². The molecule has 0 amide bonds. The molecule has 1 aliphatic carbocycles. The number of hydrogen-bond acceptors (Lipinski definition) is 2. The average Bonchev–Trinajstić information content (AvgIpc) is 2.55. The van der Waals surface area contributed by atoms with Crippen molar-refractivity contribution in [3.63, 3.8) is 0 Å². The predicted molar refractivity (Wildman–Crippen MR) is 73.1 cm³/mol. The van der Waals surface area contributed by atoms with Gasteiger partial charge in [-0.2, -0.15) is 0 Å². The van der Waals surface area contributed by atoms with Gasteiger partial charge in [0.25, 0.3) is 0 Å².